The lowest BCUT2D eigenvalue weighted by Gasteiger charge is -2.08. The maximum Gasteiger partial charge on any atom is 0.453 e. The number of nitro benzene ring substituents is 1. The molecule has 0 atom stereocenters. The average molecular weight is 411 g/mol. The van der Waals surface area contributed by atoms with Gasteiger partial charge in [0.1, 0.15) is 5.03 Å². The third-order valence-electron chi connectivity index (χ3n) is 3.57. The Hall–Kier alpha value is -3.22. The highest BCUT2D eigenvalue weighted by atomic mass is 32.2. The summed E-state index contributed by atoms with van der Waals surface area (Å²) in [6, 6.07) is 7.22. The second-order valence-electron chi connectivity index (χ2n) is 5.45. The van der Waals surface area contributed by atoms with Gasteiger partial charge in [0.25, 0.3) is 11.5 Å². The molecule has 0 aliphatic carbocycles. The summed E-state index contributed by atoms with van der Waals surface area (Å²) in [5.41, 5.74) is 1.07. The summed E-state index contributed by atoms with van der Waals surface area (Å²) in [5, 5.41) is 17.4. The van der Waals surface area contributed by atoms with Crippen molar-refractivity contribution in [3.8, 4) is 11.4 Å². The van der Waals surface area contributed by atoms with Crippen LogP contribution < -0.4 is 5.84 Å². The quantitative estimate of drug-likeness (QED) is 0.294. The fourth-order valence-corrected chi connectivity index (χ4v) is 2.98. The van der Waals surface area contributed by atoms with Crippen LogP contribution in [-0.4, -0.2) is 29.8 Å². The highest BCUT2D eigenvalue weighted by Gasteiger charge is 2.38. The Bertz CT molecular complexity index is 1020. The average Bonchev–Trinajstić information content (AvgIpc) is 3.02. The Kier molecular flexibility index (Phi) is 5.18. The first-order chi connectivity index (χ1) is 13.2. The van der Waals surface area contributed by atoms with Crippen molar-refractivity contribution in [1.82, 2.24) is 24.8 Å². The molecule has 146 valence electrons. The standard InChI is InChI=1S/C15H12F3N7O2S/c1-2-9-7-11(28-14-23-22-13(24(14)19)15(16,17)18)21-12(20-9)8-3-5-10(6-4-8)25(26)27/h3-7H,2,19H2,1H3. The molecule has 2 N–H and O–H groups in total. The SMILES string of the molecule is CCc1cc(Sc2nnc(C(F)(F)F)n2N)nc(-c2ccc([N+](=O)[O-])cc2)n1. The number of nitrogens with zero attached hydrogens (tertiary/aromatic N) is 6. The van der Waals surface area contributed by atoms with Crippen molar-refractivity contribution in [3.63, 3.8) is 0 Å². The van der Waals surface area contributed by atoms with Gasteiger partial charge >= 0.3 is 6.18 Å². The smallest absolute Gasteiger partial charge is 0.335 e. The van der Waals surface area contributed by atoms with Gasteiger partial charge in [-0.05, 0) is 36.4 Å². The van der Waals surface area contributed by atoms with Crippen LogP contribution in [0.25, 0.3) is 11.4 Å². The number of alkyl halides is 3. The first kappa shape index (κ1) is 19.5. The van der Waals surface area contributed by atoms with Crippen LogP contribution in [0.3, 0.4) is 0 Å². The zero-order valence-electron chi connectivity index (χ0n) is 14.2. The van der Waals surface area contributed by atoms with E-state index in [9.17, 15) is 23.3 Å². The molecule has 0 unspecified atom stereocenters. The number of aryl methyl sites for hydroxylation is 1. The maximum atomic E-state index is 12.8. The van der Waals surface area contributed by atoms with E-state index in [1.807, 2.05) is 6.92 Å². The number of hydrogen-bond donors (Lipinski definition) is 1. The molecule has 0 aliphatic rings. The molecule has 9 nitrogen and oxygen atoms in total. The predicted octanol–water partition coefficient (Wildman–Crippen LogP) is 3.09. The second-order valence-corrected chi connectivity index (χ2v) is 6.44. The molecule has 0 aliphatic heterocycles. The summed E-state index contributed by atoms with van der Waals surface area (Å²) in [6.07, 6.45) is -4.19. The number of non-ortho nitro benzene ring substituents is 1. The molecule has 2 aromatic heterocycles. The molecule has 0 bridgehead atoms. The van der Waals surface area contributed by atoms with Crippen molar-refractivity contribution in [2.45, 2.75) is 29.7 Å². The molecule has 0 saturated heterocycles. The molecule has 1 aromatic carbocycles. The molecule has 0 saturated carbocycles. The van der Waals surface area contributed by atoms with Crippen LogP contribution in [0, 0.1) is 10.1 Å². The zero-order valence-corrected chi connectivity index (χ0v) is 15.0. The summed E-state index contributed by atoms with van der Waals surface area (Å²) in [7, 11) is 0. The molecule has 3 rings (SSSR count). The van der Waals surface area contributed by atoms with Gasteiger partial charge in [-0.15, -0.1) is 10.2 Å². The monoisotopic (exact) mass is 411 g/mol. The van der Waals surface area contributed by atoms with Crippen molar-refractivity contribution in [3.05, 3.63) is 52.0 Å². The molecule has 0 spiro atoms. The molecule has 28 heavy (non-hydrogen) atoms. The Morgan fingerprint density at radius 3 is 2.43 bits per heavy atom. The summed E-state index contributed by atoms with van der Waals surface area (Å²) in [6.45, 7) is 1.85. The maximum absolute atomic E-state index is 12.8. The predicted molar refractivity (Wildman–Crippen MR) is 92.8 cm³/mol. The third kappa shape index (κ3) is 4.03. The van der Waals surface area contributed by atoms with Crippen LogP contribution in [0.5, 0.6) is 0 Å². The molecule has 0 amide bonds. The lowest BCUT2D eigenvalue weighted by atomic mass is 10.2. The Morgan fingerprint density at radius 1 is 1.21 bits per heavy atom. The summed E-state index contributed by atoms with van der Waals surface area (Å²) < 4.78 is 38.8. The molecular formula is C15H12F3N7O2S. The van der Waals surface area contributed by atoms with E-state index in [-0.39, 0.29) is 16.7 Å². The fourth-order valence-electron chi connectivity index (χ4n) is 2.20. The van der Waals surface area contributed by atoms with Crippen molar-refractivity contribution < 1.29 is 18.1 Å². The number of hydrogen-bond acceptors (Lipinski definition) is 8. The Morgan fingerprint density at radius 2 is 1.89 bits per heavy atom. The normalized spacial score (nSPS) is 11.6. The summed E-state index contributed by atoms with van der Waals surface area (Å²) >= 11 is 0.803. The van der Waals surface area contributed by atoms with Gasteiger partial charge in [0.2, 0.25) is 5.16 Å². The largest absolute Gasteiger partial charge is 0.453 e. The van der Waals surface area contributed by atoms with Crippen molar-refractivity contribution in [2.24, 2.45) is 0 Å². The van der Waals surface area contributed by atoms with Gasteiger partial charge in [-0.3, -0.25) is 10.1 Å². The van der Waals surface area contributed by atoms with Gasteiger partial charge in [-0.2, -0.15) is 13.2 Å². The number of halogens is 3. The lowest BCUT2D eigenvalue weighted by Crippen LogP contribution is -2.21. The molecule has 3 aromatic rings. The topological polar surface area (TPSA) is 126 Å². The van der Waals surface area contributed by atoms with Crippen molar-refractivity contribution >= 4 is 17.4 Å². The summed E-state index contributed by atoms with van der Waals surface area (Å²) in [4.78, 5) is 18.9. The van der Waals surface area contributed by atoms with Crippen LogP contribution in [0.15, 0.2) is 40.5 Å². The number of benzene rings is 1. The first-order valence-electron chi connectivity index (χ1n) is 7.77. The minimum Gasteiger partial charge on any atom is -0.335 e. The van der Waals surface area contributed by atoms with Gasteiger partial charge in [0.05, 0.1) is 4.92 Å². The number of nitrogens with two attached hydrogens (primary N) is 1. The van der Waals surface area contributed by atoms with Crippen LogP contribution >= 0.6 is 11.8 Å². The highest BCUT2D eigenvalue weighted by molar-refractivity contribution is 7.99. The van der Waals surface area contributed by atoms with E-state index in [2.05, 4.69) is 20.2 Å². The van der Waals surface area contributed by atoms with Crippen molar-refractivity contribution in [1.29, 1.82) is 0 Å². The van der Waals surface area contributed by atoms with Crippen LogP contribution in [0.2, 0.25) is 0 Å². The van der Waals surface area contributed by atoms with Gasteiger partial charge in [0, 0.05) is 23.4 Å². The van der Waals surface area contributed by atoms with E-state index < -0.39 is 16.9 Å². The van der Waals surface area contributed by atoms with E-state index in [0.29, 0.717) is 27.4 Å². The number of nitrogen functional groups attached to an aromatic ring is 1. The first-order valence-corrected chi connectivity index (χ1v) is 8.59. The number of rotatable bonds is 5. The number of nitro groups is 1. The Balaban J connectivity index is 1.96. The fraction of sp³-hybridized carbons (Fsp3) is 0.200. The molecule has 13 heteroatoms. The lowest BCUT2D eigenvalue weighted by molar-refractivity contribution is -0.384. The van der Waals surface area contributed by atoms with E-state index in [0.717, 1.165) is 11.8 Å². The minimum atomic E-state index is -4.73. The van der Waals surface area contributed by atoms with Gasteiger partial charge in [0.15, 0.2) is 5.82 Å². The van der Waals surface area contributed by atoms with Gasteiger partial charge < -0.3 is 5.84 Å². The van der Waals surface area contributed by atoms with Crippen molar-refractivity contribution in [2.75, 3.05) is 5.84 Å². The van der Waals surface area contributed by atoms with Crippen LogP contribution in [0.4, 0.5) is 18.9 Å². The summed E-state index contributed by atoms with van der Waals surface area (Å²) in [5.74, 6) is 4.40. The van der Waals surface area contributed by atoms with E-state index in [1.54, 1.807) is 6.07 Å². The minimum absolute atomic E-state index is 0.0825. The van der Waals surface area contributed by atoms with Crippen LogP contribution in [-0.2, 0) is 12.6 Å². The zero-order chi connectivity index (χ0) is 20.5. The molecule has 0 fully saturated rings. The molecule has 2 heterocycles. The molecular weight excluding hydrogens is 399 g/mol. The van der Waals surface area contributed by atoms with Gasteiger partial charge in [-0.25, -0.2) is 14.6 Å². The van der Waals surface area contributed by atoms with Crippen LogP contribution in [0.1, 0.15) is 18.4 Å². The van der Waals surface area contributed by atoms with E-state index >= 15 is 0 Å². The Labute approximate surface area is 159 Å². The number of aromatic nitrogens is 5. The van der Waals surface area contributed by atoms with E-state index in [1.165, 1.54) is 24.3 Å². The highest BCUT2D eigenvalue weighted by Crippen LogP contribution is 2.32. The van der Waals surface area contributed by atoms with Gasteiger partial charge in [-0.1, -0.05) is 6.92 Å². The van der Waals surface area contributed by atoms with E-state index in [4.69, 9.17) is 5.84 Å². The third-order valence-corrected chi connectivity index (χ3v) is 4.45. The molecule has 0 radical (unpaired) electrons. The second kappa shape index (κ2) is 7.42.